The van der Waals surface area contributed by atoms with E-state index in [0.717, 1.165) is 28.5 Å². The first kappa shape index (κ1) is 25.3. The smallest absolute Gasteiger partial charge is 0.272 e. The van der Waals surface area contributed by atoms with Gasteiger partial charge in [-0.2, -0.15) is 0 Å². The minimum atomic E-state index is -2.51. The second-order valence-electron chi connectivity index (χ2n) is 8.56. The van der Waals surface area contributed by atoms with E-state index in [1.54, 1.807) is 12.1 Å². The van der Waals surface area contributed by atoms with Crippen LogP contribution in [0.15, 0.2) is 72.8 Å². The normalized spacial score (nSPS) is 20.1. The van der Waals surface area contributed by atoms with Crippen molar-refractivity contribution < 1.29 is 27.8 Å². The number of alkyl halides is 2. The Labute approximate surface area is 208 Å². The van der Waals surface area contributed by atoms with E-state index in [2.05, 4.69) is 0 Å². The largest absolute Gasteiger partial charge is 0.488 e. The van der Waals surface area contributed by atoms with Crippen molar-refractivity contribution in [1.29, 1.82) is 0 Å². The molecule has 7 heteroatoms. The van der Waals surface area contributed by atoms with E-state index in [0.29, 0.717) is 36.6 Å². The Morgan fingerprint density at radius 2 is 1.77 bits per heavy atom. The standard InChI is InChI=1S/C28H27ClF2O4/c29-26-11-8-21(13-22(26)12-19-6-9-23(10-7-19)34-18-28(30)31)27-15-24(14-25(16-32)35-27)33-17-20-4-2-1-3-5-20/h1-11,13,16,24-25,27-28H,12,14-15,17-18H2/t24?,25-,27?/m0/s1. The maximum absolute atomic E-state index is 12.3. The molecule has 0 radical (unpaired) electrons. The van der Waals surface area contributed by atoms with Crippen molar-refractivity contribution in [2.24, 2.45) is 0 Å². The molecule has 1 fully saturated rings. The second-order valence-corrected chi connectivity index (χ2v) is 8.97. The Morgan fingerprint density at radius 1 is 1.00 bits per heavy atom. The molecule has 0 N–H and O–H groups in total. The van der Waals surface area contributed by atoms with Gasteiger partial charge < -0.3 is 19.0 Å². The summed E-state index contributed by atoms with van der Waals surface area (Å²) in [5.41, 5.74) is 3.88. The number of rotatable bonds is 10. The second kappa shape index (κ2) is 12.2. The van der Waals surface area contributed by atoms with Gasteiger partial charge in [-0.25, -0.2) is 8.78 Å². The lowest BCUT2D eigenvalue weighted by Crippen LogP contribution is -2.34. The first-order valence-corrected chi connectivity index (χ1v) is 11.9. The zero-order valence-electron chi connectivity index (χ0n) is 19.1. The number of carbonyl (C=O) groups is 1. The van der Waals surface area contributed by atoms with E-state index < -0.39 is 19.1 Å². The fourth-order valence-electron chi connectivity index (χ4n) is 4.16. The van der Waals surface area contributed by atoms with Crippen LogP contribution in [0.3, 0.4) is 0 Å². The maximum atomic E-state index is 12.3. The number of hydrogen-bond acceptors (Lipinski definition) is 4. The fraction of sp³-hybridized carbons (Fsp3) is 0.321. The van der Waals surface area contributed by atoms with Gasteiger partial charge in [-0.3, -0.25) is 0 Å². The van der Waals surface area contributed by atoms with Crippen LogP contribution in [-0.4, -0.2) is 31.5 Å². The summed E-state index contributed by atoms with van der Waals surface area (Å²) in [7, 11) is 0. The minimum absolute atomic E-state index is 0.107. The summed E-state index contributed by atoms with van der Waals surface area (Å²) < 4.78 is 41.9. The number of hydrogen-bond donors (Lipinski definition) is 0. The molecular weight excluding hydrogens is 474 g/mol. The highest BCUT2D eigenvalue weighted by Crippen LogP contribution is 2.35. The third-order valence-corrected chi connectivity index (χ3v) is 6.30. The Bertz CT molecular complexity index is 1090. The van der Waals surface area contributed by atoms with E-state index in [4.69, 9.17) is 25.8 Å². The van der Waals surface area contributed by atoms with Crippen LogP contribution in [-0.2, 0) is 27.3 Å². The van der Waals surface area contributed by atoms with Gasteiger partial charge in [-0.05, 0) is 46.9 Å². The number of benzene rings is 3. The summed E-state index contributed by atoms with van der Waals surface area (Å²) in [5.74, 6) is 0.394. The lowest BCUT2D eigenvalue weighted by Gasteiger charge is -2.33. The molecule has 3 atom stereocenters. The van der Waals surface area contributed by atoms with Crippen LogP contribution < -0.4 is 4.74 Å². The van der Waals surface area contributed by atoms with Crippen LogP contribution in [0.5, 0.6) is 5.75 Å². The highest BCUT2D eigenvalue weighted by atomic mass is 35.5. The molecule has 3 aromatic rings. The summed E-state index contributed by atoms with van der Waals surface area (Å²) >= 11 is 6.47. The zero-order chi connectivity index (χ0) is 24.6. The number of ether oxygens (including phenoxy) is 3. The first-order chi connectivity index (χ1) is 17.0. The van der Waals surface area contributed by atoms with Crippen molar-refractivity contribution in [3.63, 3.8) is 0 Å². The van der Waals surface area contributed by atoms with Gasteiger partial charge in [0.05, 0.1) is 18.8 Å². The highest BCUT2D eigenvalue weighted by molar-refractivity contribution is 6.31. The Balaban J connectivity index is 1.43. The van der Waals surface area contributed by atoms with Gasteiger partial charge in [0.25, 0.3) is 6.43 Å². The van der Waals surface area contributed by atoms with Crippen molar-refractivity contribution in [1.82, 2.24) is 0 Å². The summed E-state index contributed by atoms with van der Waals surface area (Å²) in [4.78, 5) is 11.6. The minimum Gasteiger partial charge on any atom is -0.488 e. The summed E-state index contributed by atoms with van der Waals surface area (Å²) in [6.07, 6.45) is -0.902. The monoisotopic (exact) mass is 500 g/mol. The molecule has 0 aromatic heterocycles. The Morgan fingerprint density at radius 3 is 2.49 bits per heavy atom. The maximum Gasteiger partial charge on any atom is 0.272 e. The van der Waals surface area contributed by atoms with Crippen LogP contribution in [0, 0.1) is 0 Å². The van der Waals surface area contributed by atoms with Crippen LogP contribution in [0.1, 0.15) is 41.2 Å². The van der Waals surface area contributed by atoms with Crippen LogP contribution in [0.4, 0.5) is 8.78 Å². The molecule has 1 aliphatic rings. The lowest BCUT2D eigenvalue weighted by atomic mass is 9.94. The van der Waals surface area contributed by atoms with Crippen LogP contribution in [0.25, 0.3) is 0 Å². The molecule has 184 valence electrons. The Hall–Kier alpha value is -2.80. The van der Waals surface area contributed by atoms with Gasteiger partial charge >= 0.3 is 0 Å². The third kappa shape index (κ3) is 7.34. The van der Waals surface area contributed by atoms with Crippen molar-refractivity contribution in [3.8, 4) is 5.75 Å². The predicted octanol–water partition coefficient (Wildman–Crippen LogP) is 6.58. The van der Waals surface area contributed by atoms with E-state index in [9.17, 15) is 13.6 Å². The molecule has 0 bridgehead atoms. The van der Waals surface area contributed by atoms with Crippen molar-refractivity contribution in [2.45, 2.75) is 50.6 Å². The van der Waals surface area contributed by atoms with Crippen molar-refractivity contribution in [2.75, 3.05) is 6.61 Å². The molecule has 1 heterocycles. The van der Waals surface area contributed by atoms with Crippen LogP contribution >= 0.6 is 11.6 Å². The van der Waals surface area contributed by atoms with Gasteiger partial charge in [-0.15, -0.1) is 0 Å². The van der Waals surface area contributed by atoms with E-state index in [1.807, 2.05) is 60.7 Å². The van der Waals surface area contributed by atoms with Gasteiger partial charge in [0.2, 0.25) is 0 Å². The van der Waals surface area contributed by atoms with Gasteiger partial charge in [0.15, 0.2) is 0 Å². The van der Waals surface area contributed by atoms with E-state index in [-0.39, 0.29) is 12.2 Å². The predicted molar refractivity (Wildman–Crippen MR) is 130 cm³/mol. The molecular formula is C28H27ClF2O4. The summed E-state index contributed by atoms with van der Waals surface area (Å²) in [5, 5.41) is 0.617. The quantitative estimate of drug-likeness (QED) is 0.295. The molecule has 0 amide bonds. The first-order valence-electron chi connectivity index (χ1n) is 11.5. The molecule has 0 aliphatic carbocycles. The Kier molecular flexibility index (Phi) is 8.85. The van der Waals surface area contributed by atoms with Crippen molar-refractivity contribution in [3.05, 3.63) is 100 Å². The lowest BCUT2D eigenvalue weighted by molar-refractivity contribution is -0.142. The highest BCUT2D eigenvalue weighted by Gasteiger charge is 2.31. The molecule has 1 saturated heterocycles. The zero-order valence-corrected chi connectivity index (χ0v) is 19.9. The van der Waals surface area contributed by atoms with Gasteiger partial charge in [0, 0.05) is 17.9 Å². The topological polar surface area (TPSA) is 44.8 Å². The SMILES string of the molecule is O=C[C@@H]1CC(OCc2ccccc2)CC(c2ccc(Cl)c(Cc3ccc(OCC(F)F)cc3)c2)O1. The molecule has 3 aromatic carbocycles. The number of halogens is 3. The van der Waals surface area contributed by atoms with E-state index >= 15 is 0 Å². The molecule has 4 nitrogen and oxygen atoms in total. The third-order valence-electron chi connectivity index (χ3n) is 5.93. The van der Waals surface area contributed by atoms with Crippen LogP contribution in [0.2, 0.25) is 5.02 Å². The van der Waals surface area contributed by atoms with Gasteiger partial charge in [-0.1, -0.05) is 66.2 Å². The average Bonchev–Trinajstić information content (AvgIpc) is 2.88. The summed E-state index contributed by atoms with van der Waals surface area (Å²) in [6.45, 7) is -0.154. The molecule has 0 saturated carbocycles. The molecule has 4 rings (SSSR count). The average molecular weight is 501 g/mol. The van der Waals surface area contributed by atoms with E-state index in [1.165, 1.54) is 0 Å². The molecule has 35 heavy (non-hydrogen) atoms. The number of aldehydes is 1. The summed E-state index contributed by atoms with van der Waals surface area (Å²) in [6, 6.07) is 22.7. The molecule has 0 spiro atoms. The van der Waals surface area contributed by atoms with Crippen molar-refractivity contribution >= 4 is 17.9 Å². The fourth-order valence-corrected chi connectivity index (χ4v) is 4.34. The van der Waals surface area contributed by atoms with Gasteiger partial charge in [0.1, 0.15) is 24.7 Å². The number of carbonyl (C=O) groups excluding carboxylic acids is 1. The molecule has 2 unspecified atom stereocenters. The molecule has 1 aliphatic heterocycles.